The molecule has 0 amide bonds. The molecule has 0 aromatic heterocycles. The van der Waals surface area contributed by atoms with Crippen molar-refractivity contribution in [1.29, 1.82) is 0 Å². The van der Waals surface area contributed by atoms with Gasteiger partial charge in [-0.2, -0.15) is 0 Å². The maximum Gasteiger partial charge on any atom is 0.303 e. The number of carbonyl (C=O) groups is 2. The number of ketones is 1. The van der Waals surface area contributed by atoms with E-state index in [0.717, 1.165) is 10.8 Å². The highest BCUT2D eigenvalue weighted by atomic mass is 16.4. The van der Waals surface area contributed by atoms with Gasteiger partial charge >= 0.3 is 5.97 Å². The zero-order valence-electron chi connectivity index (χ0n) is 11.1. The molecule has 2 aromatic rings. The zero-order valence-corrected chi connectivity index (χ0v) is 11.1. The van der Waals surface area contributed by atoms with Gasteiger partial charge in [-0.15, -0.1) is 0 Å². The molecule has 3 nitrogen and oxygen atoms in total. The molecule has 0 heterocycles. The summed E-state index contributed by atoms with van der Waals surface area (Å²) in [5.41, 5.74) is 3.01. The fourth-order valence-corrected chi connectivity index (χ4v) is 2.13. The summed E-state index contributed by atoms with van der Waals surface area (Å²) in [6, 6.07) is 9.57. The first-order valence-corrected chi connectivity index (χ1v) is 6.24. The number of carboxylic acid groups (broad SMARTS) is 1. The van der Waals surface area contributed by atoms with Gasteiger partial charge in [-0.3, -0.25) is 9.59 Å². The molecule has 1 N–H and O–H groups in total. The molecule has 2 aromatic carbocycles. The summed E-state index contributed by atoms with van der Waals surface area (Å²) in [6.45, 7) is 4.12. The van der Waals surface area contributed by atoms with E-state index in [0.29, 0.717) is 5.56 Å². The molecule has 19 heavy (non-hydrogen) atoms. The molecule has 0 aliphatic heterocycles. The maximum absolute atomic E-state index is 11.9. The van der Waals surface area contributed by atoms with Crippen LogP contribution in [0.4, 0.5) is 0 Å². The van der Waals surface area contributed by atoms with Crippen molar-refractivity contribution < 1.29 is 14.7 Å². The highest BCUT2D eigenvalue weighted by Crippen LogP contribution is 2.23. The second-order valence-electron chi connectivity index (χ2n) is 4.76. The molecule has 0 radical (unpaired) electrons. The van der Waals surface area contributed by atoms with Crippen LogP contribution in [0.25, 0.3) is 10.8 Å². The van der Waals surface area contributed by atoms with Crippen LogP contribution in [0.15, 0.2) is 30.3 Å². The van der Waals surface area contributed by atoms with Gasteiger partial charge in [-0.25, -0.2) is 0 Å². The van der Waals surface area contributed by atoms with E-state index in [2.05, 4.69) is 13.8 Å². The van der Waals surface area contributed by atoms with Crippen LogP contribution in [-0.2, 0) is 4.79 Å². The minimum absolute atomic E-state index is 0.0473. The number of benzene rings is 2. The minimum atomic E-state index is -0.944. The molecule has 0 unspecified atom stereocenters. The van der Waals surface area contributed by atoms with Gasteiger partial charge in [-0.1, -0.05) is 24.3 Å². The van der Waals surface area contributed by atoms with Crippen molar-refractivity contribution in [3.8, 4) is 0 Å². The largest absolute Gasteiger partial charge is 0.481 e. The van der Waals surface area contributed by atoms with E-state index in [4.69, 9.17) is 5.11 Å². The van der Waals surface area contributed by atoms with Gasteiger partial charge < -0.3 is 5.11 Å². The van der Waals surface area contributed by atoms with Crippen LogP contribution in [0, 0.1) is 13.8 Å². The van der Waals surface area contributed by atoms with E-state index in [1.807, 2.05) is 24.3 Å². The average molecular weight is 256 g/mol. The quantitative estimate of drug-likeness (QED) is 0.852. The molecule has 0 saturated carbocycles. The van der Waals surface area contributed by atoms with Crippen LogP contribution in [-0.4, -0.2) is 16.9 Å². The van der Waals surface area contributed by atoms with Crippen molar-refractivity contribution in [3.63, 3.8) is 0 Å². The van der Waals surface area contributed by atoms with E-state index in [1.54, 1.807) is 6.07 Å². The van der Waals surface area contributed by atoms with E-state index in [1.165, 1.54) is 11.1 Å². The SMILES string of the molecule is Cc1ccc2cc(C(=O)CCC(=O)O)ccc2c1C. The second-order valence-corrected chi connectivity index (χ2v) is 4.76. The number of hydrogen-bond donors (Lipinski definition) is 1. The van der Waals surface area contributed by atoms with Crippen LogP contribution in [0.2, 0.25) is 0 Å². The topological polar surface area (TPSA) is 54.4 Å². The third-order valence-corrected chi connectivity index (χ3v) is 3.45. The lowest BCUT2D eigenvalue weighted by Crippen LogP contribution is -2.03. The molecule has 0 fully saturated rings. The Morgan fingerprint density at radius 2 is 1.79 bits per heavy atom. The van der Waals surface area contributed by atoms with E-state index in [-0.39, 0.29) is 18.6 Å². The molecule has 0 aliphatic rings. The lowest BCUT2D eigenvalue weighted by atomic mass is 9.97. The van der Waals surface area contributed by atoms with Crippen LogP contribution < -0.4 is 0 Å². The van der Waals surface area contributed by atoms with Gasteiger partial charge in [-0.05, 0) is 41.8 Å². The van der Waals surface area contributed by atoms with Crippen LogP contribution in [0.3, 0.4) is 0 Å². The first-order chi connectivity index (χ1) is 8.99. The van der Waals surface area contributed by atoms with Crippen molar-refractivity contribution in [1.82, 2.24) is 0 Å². The summed E-state index contributed by atoms with van der Waals surface area (Å²) in [5.74, 6) is -1.07. The number of hydrogen-bond acceptors (Lipinski definition) is 2. The Kier molecular flexibility index (Phi) is 3.65. The molecule has 0 saturated heterocycles. The van der Waals surface area contributed by atoms with Gasteiger partial charge in [0.15, 0.2) is 5.78 Å². The maximum atomic E-state index is 11.9. The van der Waals surface area contributed by atoms with E-state index < -0.39 is 5.97 Å². The summed E-state index contributed by atoms with van der Waals surface area (Å²) >= 11 is 0. The number of fused-ring (bicyclic) bond motifs is 1. The standard InChI is InChI=1S/C16H16O3/c1-10-3-4-12-9-13(5-6-14(12)11(10)2)15(17)7-8-16(18)19/h3-6,9H,7-8H2,1-2H3,(H,18,19). The van der Waals surface area contributed by atoms with Crippen LogP contribution in [0.1, 0.15) is 34.3 Å². The zero-order chi connectivity index (χ0) is 14.0. The fourth-order valence-electron chi connectivity index (χ4n) is 2.13. The van der Waals surface area contributed by atoms with Gasteiger partial charge in [0.25, 0.3) is 0 Å². The molecule has 98 valence electrons. The van der Waals surface area contributed by atoms with E-state index >= 15 is 0 Å². The summed E-state index contributed by atoms with van der Waals surface area (Å²) in [4.78, 5) is 22.4. The van der Waals surface area contributed by atoms with Crippen molar-refractivity contribution in [2.24, 2.45) is 0 Å². The van der Waals surface area contributed by atoms with Crippen molar-refractivity contribution in [3.05, 3.63) is 47.0 Å². The number of aryl methyl sites for hydroxylation is 2. The number of Topliss-reactive ketones (excluding diaryl/α,β-unsaturated/α-hetero) is 1. The molecule has 3 heteroatoms. The summed E-state index contributed by atoms with van der Waals surface area (Å²) < 4.78 is 0. The lowest BCUT2D eigenvalue weighted by Gasteiger charge is -2.07. The molecular formula is C16H16O3. The van der Waals surface area contributed by atoms with Gasteiger partial charge in [0.1, 0.15) is 0 Å². The fraction of sp³-hybridized carbons (Fsp3) is 0.250. The first-order valence-electron chi connectivity index (χ1n) is 6.24. The molecule has 2 rings (SSSR count). The minimum Gasteiger partial charge on any atom is -0.481 e. The number of rotatable bonds is 4. The Morgan fingerprint density at radius 1 is 1.05 bits per heavy atom. The first kappa shape index (κ1) is 13.3. The molecule has 0 atom stereocenters. The Morgan fingerprint density at radius 3 is 2.47 bits per heavy atom. The second kappa shape index (κ2) is 5.22. The Hall–Kier alpha value is -2.16. The van der Waals surface area contributed by atoms with E-state index in [9.17, 15) is 9.59 Å². The highest BCUT2D eigenvalue weighted by molar-refractivity contribution is 6.01. The Labute approximate surface area is 111 Å². The van der Waals surface area contributed by atoms with Crippen LogP contribution >= 0.6 is 0 Å². The van der Waals surface area contributed by atoms with Gasteiger partial charge in [0.05, 0.1) is 6.42 Å². The molecule has 0 aliphatic carbocycles. The Bertz CT molecular complexity index is 656. The molecule has 0 bridgehead atoms. The number of aliphatic carboxylic acids is 1. The Balaban J connectivity index is 2.34. The predicted molar refractivity (Wildman–Crippen MR) is 74.6 cm³/mol. The summed E-state index contributed by atoms with van der Waals surface area (Å²) in [5, 5.41) is 10.7. The summed E-state index contributed by atoms with van der Waals surface area (Å²) in [7, 11) is 0. The lowest BCUT2D eigenvalue weighted by molar-refractivity contribution is -0.136. The van der Waals surface area contributed by atoms with Crippen molar-refractivity contribution in [2.45, 2.75) is 26.7 Å². The molecular weight excluding hydrogens is 240 g/mol. The number of carboxylic acids is 1. The monoisotopic (exact) mass is 256 g/mol. The predicted octanol–water partition coefficient (Wildman–Crippen LogP) is 3.50. The van der Waals surface area contributed by atoms with Crippen molar-refractivity contribution >= 4 is 22.5 Å². The van der Waals surface area contributed by atoms with Gasteiger partial charge in [0, 0.05) is 12.0 Å². The normalized spacial score (nSPS) is 10.6. The van der Waals surface area contributed by atoms with Crippen molar-refractivity contribution in [2.75, 3.05) is 0 Å². The van der Waals surface area contributed by atoms with Gasteiger partial charge in [0.2, 0.25) is 0 Å². The smallest absolute Gasteiger partial charge is 0.303 e. The molecule has 0 spiro atoms. The average Bonchev–Trinajstić information content (AvgIpc) is 2.40. The number of carbonyl (C=O) groups excluding carboxylic acids is 1. The summed E-state index contributed by atoms with van der Waals surface area (Å²) in [6.07, 6.45) is -0.0739. The van der Waals surface area contributed by atoms with Crippen LogP contribution in [0.5, 0.6) is 0 Å². The third-order valence-electron chi connectivity index (χ3n) is 3.45. The highest BCUT2D eigenvalue weighted by Gasteiger charge is 2.10. The third kappa shape index (κ3) is 2.81.